The third-order valence-corrected chi connectivity index (χ3v) is 7.06. The molecule has 1 aromatic heterocycles. The van der Waals surface area contributed by atoms with Crippen molar-refractivity contribution in [3.8, 4) is 0 Å². The molecular weight excluding hydrogens is 447 g/mol. The second-order valence-electron chi connectivity index (χ2n) is 8.23. The molecule has 32 heavy (non-hydrogen) atoms. The smallest absolute Gasteiger partial charge is 0.198 e. The number of aromatic nitrogens is 1. The zero-order valence-electron chi connectivity index (χ0n) is 18.5. The highest BCUT2D eigenvalue weighted by atomic mass is 35.5. The summed E-state index contributed by atoms with van der Waals surface area (Å²) in [4.78, 5) is 20.0. The number of morpholine rings is 1. The summed E-state index contributed by atoms with van der Waals surface area (Å²) in [6.07, 6.45) is 1.65. The number of anilines is 2. The van der Waals surface area contributed by atoms with Gasteiger partial charge in [-0.25, -0.2) is 4.98 Å². The van der Waals surface area contributed by atoms with Crippen molar-refractivity contribution in [3.63, 3.8) is 0 Å². The number of pyridine rings is 1. The van der Waals surface area contributed by atoms with E-state index >= 15 is 0 Å². The standard InChI is InChI=1S/C22H32ClN6O2P/c1-22(26,13-32-2)20(24)21(25)28-17-11-18(29-7-9-31-10-8-29)27-12-15(17)19(30)14-5-3-4-6-16(14)23/h3-6,11-12,20-21,32H,7-10,13,24-26H2,1-2H3,(H,27,28). The number of carbonyl (C=O) groups excluding carboxylic acids is 1. The molecule has 0 bridgehead atoms. The van der Waals surface area contributed by atoms with Gasteiger partial charge in [-0.05, 0) is 31.9 Å². The van der Waals surface area contributed by atoms with Gasteiger partial charge in [-0.3, -0.25) is 4.79 Å². The van der Waals surface area contributed by atoms with Crippen LogP contribution in [0.15, 0.2) is 36.5 Å². The van der Waals surface area contributed by atoms with Crippen molar-refractivity contribution in [2.45, 2.75) is 24.7 Å². The summed E-state index contributed by atoms with van der Waals surface area (Å²) in [5.74, 6) is 0.489. The molecule has 1 fully saturated rings. The molecule has 174 valence electrons. The average molecular weight is 479 g/mol. The van der Waals surface area contributed by atoms with Gasteiger partial charge in [0.15, 0.2) is 5.78 Å². The van der Waals surface area contributed by atoms with E-state index < -0.39 is 17.7 Å². The fourth-order valence-electron chi connectivity index (χ4n) is 3.68. The van der Waals surface area contributed by atoms with Gasteiger partial charge in [-0.15, -0.1) is 8.58 Å². The zero-order chi connectivity index (χ0) is 23.3. The number of carbonyl (C=O) groups is 1. The quantitative estimate of drug-likeness (QED) is 0.244. The molecule has 0 radical (unpaired) electrons. The summed E-state index contributed by atoms with van der Waals surface area (Å²) in [6.45, 7) is 6.66. The molecule has 2 heterocycles. The van der Waals surface area contributed by atoms with Gasteiger partial charge in [0.2, 0.25) is 0 Å². The molecule has 0 saturated carbocycles. The third-order valence-electron chi connectivity index (χ3n) is 5.62. The summed E-state index contributed by atoms with van der Waals surface area (Å²) >= 11 is 6.28. The lowest BCUT2D eigenvalue weighted by Gasteiger charge is -2.36. The molecule has 7 N–H and O–H groups in total. The molecule has 2 aromatic rings. The summed E-state index contributed by atoms with van der Waals surface area (Å²) in [5.41, 5.74) is 19.9. The number of benzene rings is 1. The average Bonchev–Trinajstić information content (AvgIpc) is 2.79. The van der Waals surface area contributed by atoms with E-state index in [1.165, 1.54) is 0 Å². The number of halogens is 1. The molecule has 10 heteroatoms. The number of nitrogens with one attached hydrogen (secondary N) is 1. The van der Waals surface area contributed by atoms with Gasteiger partial charge in [0.1, 0.15) is 5.82 Å². The Labute approximate surface area is 196 Å². The summed E-state index contributed by atoms with van der Waals surface area (Å²) < 4.78 is 5.44. The number of hydrogen-bond acceptors (Lipinski definition) is 8. The van der Waals surface area contributed by atoms with Crippen LogP contribution in [-0.2, 0) is 4.74 Å². The first kappa shape index (κ1) is 24.8. The topological polar surface area (TPSA) is 133 Å². The lowest BCUT2D eigenvalue weighted by atomic mass is 9.93. The molecule has 0 spiro atoms. The summed E-state index contributed by atoms with van der Waals surface area (Å²) in [7, 11) is 0.651. The molecule has 1 aliphatic heterocycles. The number of ketones is 1. The monoisotopic (exact) mass is 478 g/mol. The highest BCUT2D eigenvalue weighted by molar-refractivity contribution is 7.37. The second-order valence-corrected chi connectivity index (χ2v) is 9.70. The van der Waals surface area contributed by atoms with Gasteiger partial charge in [0.25, 0.3) is 0 Å². The Morgan fingerprint density at radius 1 is 1.31 bits per heavy atom. The zero-order valence-corrected chi connectivity index (χ0v) is 20.2. The van der Waals surface area contributed by atoms with Crippen LogP contribution in [0.3, 0.4) is 0 Å². The predicted octanol–water partition coefficient (Wildman–Crippen LogP) is 1.85. The van der Waals surface area contributed by atoms with Crippen LogP contribution in [0.1, 0.15) is 22.8 Å². The van der Waals surface area contributed by atoms with Crippen molar-refractivity contribution in [2.75, 3.05) is 49.3 Å². The first-order valence-corrected chi connectivity index (χ1v) is 12.7. The number of hydrogen-bond donors (Lipinski definition) is 4. The SMILES string of the molecule is CPCC(C)(N)C(N)C(N)Nc1cc(N2CCOCC2)ncc1C(=O)c1ccccc1Cl. The van der Waals surface area contributed by atoms with Crippen LogP contribution in [0.5, 0.6) is 0 Å². The van der Waals surface area contributed by atoms with Crippen molar-refractivity contribution in [3.05, 3.63) is 52.7 Å². The highest BCUT2D eigenvalue weighted by Gasteiger charge is 2.32. The Morgan fingerprint density at radius 2 is 2.00 bits per heavy atom. The van der Waals surface area contributed by atoms with Gasteiger partial charge >= 0.3 is 0 Å². The van der Waals surface area contributed by atoms with Crippen molar-refractivity contribution < 1.29 is 9.53 Å². The third kappa shape index (κ3) is 5.76. The van der Waals surface area contributed by atoms with Crippen molar-refractivity contribution in [1.29, 1.82) is 0 Å². The van der Waals surface area contributed by atoms with Gasteiger partial charge in [-0.2, -0.15) is 0 Å². The Kier molecular flexibility index (Phi) is 8.44. The van der Waals surface area contributed by atoms with E-state index in [1.54, 1.807) is 30.5 Å². The fraction of sp³-hybridized carbons (Fsp3) is 0.455. The van der Waals surface area contributed by atoms with Crippen LogP contribution >= 0.6 is 20.2 Å². The molecular formula is C22H32ClN6O2P. The first-order valence-electron chi connectivity index (χ1n) is 10.6. The van der Waals surface area contributed by atoms with Crippen LogP contribution in [0.25, 0.3) is 0 Å². The van der Waals surface area contributed by atoms with E-state index in [0.717, 1.165) is 12.0 Å². The first-order chi connectivity index (χ1) is 15.2. The summed E-state index contributed by atoms with van der Waals surface area (Å²) in [5, 5.41) is 3.61. The van der Waals surface area contributed by atoms with E-state index in [2.05, 4.69) is 21.9 Å². The number of nitrogens with two attached hydrogens (primary N) is 3. The normalized spacial score (nSPS) is 18.4. The van der Waals surface area contributed by atoms with E-state index in [1.807, 2.05) is 13.0 Å². The molecule has 0 aliphatic carbocycles. The fourth-order valence-corrected chi connectivity index (χ4v) is 4.90. The Balaban J connectivity index is 1.96. The maximum atomic E-state index is 13.3. The predicted molar refractivity (Wildman–Crippen MR) is 133 cm³/mol. The Hall–Kier alpha value is -1.80. The van der Waals surface area contributed by atoms with Crippen molar-refractivity contribution in [2.24, 2.45) is 17.2 Å². The Bertz CT molecular complexity index is 938. The minimum atomic E-state index is -0.668. The van der Waals surface area contributed by atoms with E-state index in [0.29, 0.717) is 56.7 Å². The molecule has 4 unspecified atom stereocenters. The lowest BCUT2D eigenvalue weighted by Crippen LogP contribution is -2.64. The van der Waals surface area contributed by atoms with Crippen molar-refractivity contribution >= 4 is 37.5 Å². The molecule has 8 nitrogen and oxygen atoms in total. The highest BCUT2D eigenvalue weighted by Crippen LogP contribution is 2.28. The van der Waals surface area contributed by atoms with Crippen LogP contribution < -0.4 is 27.4 Å². The van der Waals surface area contributed by atoms with Crippen LogP contribution in [0.4, 0.5) is 11.5 Å². The van der Waals surface area contributed by atoms with E-state index in [9.17, 15) is 4.79 Å². The second kappa shape index (κ2) is 10.9. The minimum Gasteiger partial charge on any atom is -0.378 e. The molecule has 1 aliphatic rings. The van der Waals surface area contributed by atoms with Crippen LogP contribution in [-0.4, -0.2) is 67.6 Å². The van der Waals surface area contributed by atoms with Gasteiger partial charge in [-0.1, -0.05) is 23.7 Å². The van der Waals surface area contributed by atoms with Crippen LogP contribution in [0, 0.1) is 0 Å². The maximum absolute atomic E-state index is 13.3. The number of ether oxygens (including phenoxy) is 1. The molecule has 1 aromatic carbocycles. The molecule has 4 atom stereocenters. The largest absolute Gasteiger partial charge is 0.378 e. The molecule has 3 rings (SSSR count). The number of rotatable bonds is 9. The Morgan fingerprint density at radius 3 is 2.66 bits per heavy atom. The number of nitrogens with zero attached hydrogens (tertiary/aromatic N) is 2. The minimum absolute atomic E-state index is 0.245. The van der Waals surface area contributed by atoms with Gasteiger partial charge in [0.05, 0.1) is 41.7 Å². The van der Waals surface area contributed by atoms with Crippen LogP contribution in [0.2, 0.25) is 5.02 Å². The summed E-state index contributed by atoms with van der Waals surface area (Å²) in [6, 6.07) is 8.23. The lowest BCUT2D eigenvalue weighted by molar-refractivity contribution is 0.103. The van der Waals surface area contributed by atoms with Gasteiger partial charge < -0.3 is 32.2 Å². The molecule has 1 saturated heterocycles. The van der Waals surface area contributed by atoms with Gasteiger partial charge in [0, 0.05) is 36.5 Å². The maximum Gasteiger partial charge on any atom is 0.198 e. The molecule has 0 amide bonds. The van der Waals surface area contributed by atoms with Crippen molar-refractivity contribution in [1.82, 2.24) is 4.98 Å². The van der Waals surface area contributed by atoms with E-state index in [4.69, 9.17) is 33.5 Å². The van der Waals surface area contributed by atoms with E-state index in [-0.39, 0.29) is 5.78 Å².